The minimum atomic E-state index is -1.04. The molecule has 0 radical (unpaired) electrons. The third-order valence-corrected chi connectivity index (χ3v) is 3.68. The number of aliphatic hydroxyl groups excluding tert-OH is 1. The van der Waals surface area contributed by atoms with Crippen molar-refractivity contribution in [2.45, 2.75) is 38.8 Å². The Hall–Kier alpha value is -1.33. The molecule has 1 aliphatic carbocycles. The first-order valence-electron chi connectivity index (χ1n) is 6.28. The smallest absolute Gasteiger partial charge is 0.371 e. The molecule has 5 heteroatoms. The van der Waals surface area contributed by atoms with Crippen LogP contribution >= 0.6 is 0 Å². The Morgan fingerprint density at radius 1 is 1.56 bits per heavy atom. The number of aryl methyl sites for hydroxylation is 1. The third kappa shape index (κ3) is 2.73. The van der Waals surface area contributed by atoms with E-state index in [2.05, 4.69) is 5.32 Å². The van der Waals surface area contributed by atoms with Gasteiger partial charge in [-0.2, -0.15) is 0 Å². The zero-order chi connectivity index (χ0) is 13.1. The average molecular weight is 253 g/mol. The third-order valence-electron chi connectivity index (χ3n) is 3.68. The molecule has 0 amide bonds. The van der Waals surface area contributed by atoms with E-state index in [9.17, 15) is 9.90 Å². The second-order valence-electron chi connectivity index (χ2n) is 4.86. The van der Waals surface area contributed by atoms with Crippen molar-refractivity contribution in [2.24, 2.45) is 5.92 Å². The molecule has 0 bridgehead atoms. The minimum Gasteiger partial charge on any atom is -0.475 e. The van der Waals surface area contributed by atoms with E-state index in [1.165, 1.54) is 0 Å². The van der Waals surface area contributed by atoms with E-state index in [1.807, 2.05) is 0 Å². The second kappa shape index (κ2) is 5.54. The highest BCUT2D eigenvalue weighted by Crippen LogP contribution is 2.25. The predicted octanol–water partition coefficient (Wildman–Crippen LogP) is 1.54. The maximum atomic E-state index is 10.8. The highest BCUT2D eigenvalue weighted by Gasteiger charge is 2.26. The van der Waals surface area contributed by atoms with Crippen molar-refractivity contribution < 1.29 is 19.4 Å². The van der Waals surface area contributed by atoms with E-state index < -0.39 is 5.97 Å². The molecule has 1 aromatic heterocycles. The molecule has 0 aliphatic heterocycles. The number of nitrogens with one attached hydrogen (secondary N) is 1. The summed E-state index contributed by atoms with van der Waals surface area (Å²) in [7, 11) is 0. The summed E-state index contributed by atoms with van der Waals surface area (Å²) in [5, 5.41) is 21.4. The number of carbonyl (C=O) groups is 1. The summed E-state index contributed by atoms with van der Waals surface area (Å²) in [6.07, 6.45) is 3.25. The molecule has 5 nitrogen and oxygen atoms in total. The summed E-state index contributed by atoms with van der Waals surface area (Å²) in [5.74, 6) is -0.109. The van der Waals surface area contributed by atoms with Crippen LogP contribution in [0.3, 0.4) is 0 Å². The number of rotatable bonds is 5. The van der Waals surface area contributed by atoms with Crippen molar-refractivity contribution in [2.75, 3.05) is 6.61 Å². The number of hydrogen-bond donors (Lipinski definition) is 3. The highest BCUT2D eigenvalue weighted by atomic mass is 16.4. The Bertz CT molecular complexity index is 427. The molecule has 1 aromatic rings. The fourth-order valence-electron chi connectivity index (χ4n) is 2.57. The molecular weight excluding hydrogens is 234 g/mol. The van der Waals surface area contributed by atoms with Crippen LogP contribution in [0.25, 0.3) is 0 Å². The molecule has 0 saturated heterocycles. The van der Waals surface area contributed by atoms with Crippen LogP contribution in [-0.2, 0) is 6.54 Å². The summed E-state index contributed by atoms with van der Waals surface area (Å²) < 4.78 is 5.16. The van der Waals surface area contributed by atoms with Crippen LogP contribution in [0.4, 0.5) is 0 Å². The molecule has 1 fully saturated rings. The Kier molecular flexibility index (Phi) is 4.04. The van der Waals surface area contributed by atoms with E-state index in [4.69, 9.17) is 9.52 Å². The molecule has 0 aromatic carbocycles. The monoisotopic (exact) mass is 253 g/mol. The van der Waals surface area contributed by atoms with Crippen LogP contribution in [0, 0.1) is 12.8 Å². The van der Waals surface area contributed by atoms with Gasteiger partial charge in [0.25, 0.3) is 0 Å². The Labute approximate surface area is 106 Å². The van der Waals surface area contributed by atoms with Gasteiger partial charge in [-0.25, -0.2) is 4.79 Å². The van der Waals surface area contributed by atoms with Crippen LogP contribution in [0.15, 0.2) is 10.5 Å². The summed E-state index contributed by atoms with van der Waals surface area (Å²) in [5.41, 5.74) is 0.871. The molecule has 3 N–H and O–H groups in total. The first-order valence-corrected chi connectivity index (χ1v) is 6.28. The number of aromatic carboxylic acids is 1. The summed E-state index contributed by atoms with van der Waals surface area (Å²) >= 11 is 0. The molecule has 0 spiro atoms. The quantitative estimate of drug-likeness (QED) is 0.741. The zero-order valence-corrected chi connectivity index (χ0v) is 10.5. The van der Waals surface area contributed by atoms with Gasteiger partial charge < -0.3 is 19.9 Å². The topological polar surface area (TPSA) is 82.7 Å². The van der Waals surface area contributed by atoms with Crippen LogP contribution in [0.1, 0.15) is 41.1 Å². The van der Waals surface area contributed by atoms with Gasteiger partial charge in [-0.3, -0.25) is 0 Å². The Morgan fingerprint density at radius 2 is 2.33 bits per heavy atom. The first-order chi connectivity index (χ1) is 8.61. The summed E-state index contributed by atoms with van der Waals surface area (Å²) in [4.78, 5) is 10.8. The molecule has 1 saturated carbocycles. The average Bonchev–Trinajstić information content (AvgIpc) is 2.92. The molecule has 2 unspecified atom stereocenters. The SMILES string of the molecule is Cc1oc(C(=O)O)cc1CNC1CCCC1CO. The van der Waals surface area contributed by atoms with E-state index in [0.717, 1.165) is 24.8 Å². The number of hydrogen-bond acceptors (Lipinski definition) is 4. The summed E-state index contributed by atoms with van der Waals surface area (Å²) in [6.45, 7) is 2.56. The van der Waals surface area contributed by atoms with E-state index in [0.29, 0.717) is 24.3 Å². The lowest BCUT2D eigenvalue weighted by molar-refractivity contribution is 0.0661. The minimum absolute atomic E-state index is 0.0190. The van der Waals surface area contributed by atoms with Gasteiger partial charge in [0.2, 0.25) is 5.76 Å². The number of furan rings is 1. The molecule has 2 rings (SSSR count). The fraction of sp³-hybridized carbons (Fsp3) is 0.615. The van der Waals surface area contributed by atoms with Gasteiger partial charge in [-0.1, -0.05) is 6.42 Å². The van der Waals surface area contributed by atoms with Crippen LogP contribution in [0.5, 0.6) is 0 Å². The van der Waals surface area contributed by atoms with Gasteiger partial charge in [-0.15, -0.1) is 0 Å². The van der Waals surface area contributed by atoms with Gasteiger partial charge in [0.1, 0.15) is 5.76 Å². The maximum Gasteiger partial charge on any atom is 0.371 e. The Morgan fingerprint density at radius 3 is 2.94 bits per heavy atom. The van der Waals surface area contributed by atoms with Crippen molar-refractivity contribution in [3.05, 3.63) is 23.2 Å². The highest BCUT2D eigenvalue weighted by molar-refractivity contribution is 5.84. The van der Waals surface area contributed by atoms with E-state index >= 15 is 0 Å². The van der Waals surface area contributed by atoms with Gasteiger partial charge in [-0.05, 0) is 31.7 Å². The van der Waals surface area contributed by atoms with Crippen LogP contribution < -0.4 is 5.32 Å². The molecule has 18 heavy (non-hydrogen) atoms. The standard InChI is InChI=1S/C13H19NO4/c1-8-10(5-12(18-8)13(16)17)6-14-11-4-2-3-9(11)7-15/h5,9,11,14-15H,2-4,6-7H2,1H3,(H,16,17). The maximum absolute atomic E-state index is 10.8. The van der Waals surface area contributed by atoms with Crippen molar-refractivity contribution in [3.63, 3.8) is 0 Å². The lowest BCUT2D eigenvalue weighted by Gasteiger charge is -2.18. The molecular formula is C13H19NO4. The number of carboxylic acids is 1. The van der Waals surface area contributed by atoms with Crippen molar-refractivity contribution in [1.29, 1.82) is 0 Å². The van der Waals surface area contributed by atoms with Crippen LogP contribution in [0.2, 0.25) is 0 Å². The predicted molar refractivity (Wildman–Crippen MR) is 65.5 cm³/mol. The lowest BCUT2D eigenvalue weighted by Crippen LogP contribution is -2.33. The van der Waals surface area contributed by atoms with Gasteiger partial charge in [0.05, 0.1) is 0 Å². The largest absolute Gasteiger partial charge is 0.475 e. The normalized spacial score (nSPS) is 23.4. The Balaban J connectivity index is 1.95. The molecule has 1 heterocycles. The van der Waals surface area contributed by atoms with E-state index in [1.54, 1.807) is 13.0 Å². The van der Waals surface area contributed by atoms with Crippen LogP contribution in [-0.4, -0.2) is 28.8 Å². The lowest BCUT2D eigenvalue weighted by atomic mass is 10.0. The first kappa shape index (κ1) is 13.1. The molecule has 2 atom stereocenters. The number of carboxylic acid groups (broad SMARTS) is 1. The van der Waals surface area contributed by atoms with Crippen molar-refractivity contribution in [1.82, 2.24) is 5.32 Å². The van der Waals surface area contributed by atoms with Gasteiger partial charge in [0, 0.05) is 24.8 Å². The second-order valence-corrected chi connectivity index (χ2v) is 4.86. The summed E-state index contributed by atoms with van der Waals surface area (Å²) in [6, 6.07) is 1.88. The van der Waals surface area contributed by atoms with Crippen molar-refractivity contribution >= 4 is 5.97 Å². The molecule has 1 aliphatic rings. The fourth-order valence-corrected chi connectivity index (χ4v) is 2.57. The number of aliphatic hydroxyl groups is 1. The van der Waals surface area contributed by atoms with Gasteiger partial charge >= 0.3 is 5.97 Å². The molecule has 100 valence electrons. The zero-order valence-electron chi connectivity index (χ0n) is 10.5. The van der Waals surface area contributed by atoms with E-state index in [-0.39, 0.29) is 12.4 Å². The van der Waals surface area contributed by atoms with Crippen molar-refractivity contribution in [3.8, 4) is 0 Å². The van der Waals surface area contributed by atoms with Gasteiger partial charge in [0.15, 0.2) is 0 Å².